The molecule has 0 heterocycles. The van der Waals surface area contributed by atoms with Gasteiger partial charge in [-0.05, 0) is 0 Å². The van der Waals surface area contributed by atoms with Gasteiger partial charge in [-0.2, -0.15) is 0 Å². The van der Waals surface area contributed by atoms with E-state index in [0.29, 0.717) is 0 Å². The van der Waals surface area contributed by atoms with Crippen LogP contribution in [0.2, 0.25) is 0 Å². The van der Waals surface area contributed by atoms with Crippen molar-refractivity contribution in [2.24, 2.45) is 0 Å². The summed E-state index contributed by atoms with van der Waals surface area (Å²) in [5, 5.41) is 7.43. The maximum absolute atomic E-state index is 9.78. The number of rotatable bonds is 1. The largest absolute Gasteiger partial charge is 1.00 e. The van der Waals surface area contributed by atoms with Gasteiger partial charge in [-0.3, -0.25) is 0 Å². The van der Waals surface area contributed by atoms with E-state index in [1.54, 1.807) is 0 Å². The molecule has 0 aliphatic carbocycles. The van der Waals surface area contributed by atoms with Gasteiger partial charge in [0.2, 0.25) is 0 Å². The predicted molar refractivity (Wildman–Crippen MR) is 32.2 cm³/mol. The van der Waals surface area contributed by atoms with Crippen LogP contribution in [0.3, 0.4) is 0 Å². The van der Waals surface area contributed by atoms with Crippen molar-refractivity contribution in [3.8, 4) is 0 Å². The molecule has 0 aliphatic heterocycles. The molecule has 1 N–H and O–H groups in total. The summed E-state index contributed by atoms with van der Waals surface area (Å²) in [7, 11) is 0. The molecular formula is C3HCl3NaO2+. The number of aliphatic carboxylic acids is 1. The molecule has 0 unspecified atom stereocenters. The second-order valence-corrected chi connectivity index (χ2v) is 2.21. The summed E-state index contributed by atoms with van der Waals surface area (Å²) < 4.78 is -0.431. The molecular weight excluding hydrogens is 197 g/mol. The molecule has 0 radical (unpaired) electrons. The quantitative estimate of drug-likeness (QED) is 0.432. The Kier molecular flexibility index (Phi) is 8.25. The van der Waals surface area contributed by atoms with Crippen molar-refractivity contribution in [3.05, 3.63) is 9.52 Å². The van der Waals surface area contributed by atoms with Gasteiger partial charge < -0.3 is 5.11 Å². The SMILES string of the molecule is O=C(O)C(Cl)=C(Cl)Cl.[Na+]. The summed E-state index contributed by atoms with van der Waals surface area (Å²) in [5.74, 6) is -1.33. The van der Waals surface area contributed by atoms with Crippen LogP contribution in [0.25, 0.3) is 0 Å². The number of halogens is 3. The summed E-state index contributed by atoms with van der Waals surface area (Å²) >= 11 is 14.9. The Labute approximate surface area is 89.1 Å². The van der Waals surface area contributed by atoms with Crippen LogP contribution < -0.4 is 29.6 Å². The summed E-state index contributed by atoms with van der Waals surface area (Å²) in [5.41, 5.74) is 0. The molecule has 0 fully saturated rings. The van der Waals surface area contributed by atoms with Gasteiger partial charge in [-0.1, -0.05) is 34.8 Å². The molecule has 0 aromatic rings. The van der Waals surface area contributed by atoms with E-state index in [1.165, 1.54) is 0 Å². The molecule has 0 atom stereocenters. The fourth-order valence-corrected chi connectivity index (χ4v) is 0.243. The molecule has 0 saturated carbocycles. The van der Waals surface area contributed by atoms with Crippen LogP contribution in [0.15, 0.2) is 9.52 Å². The van der Waals surface area contributed by atoms with Crippen molar-refractivity contribution in [3.63, 3.8) is 0 Å². The van der Waals surface area contributed by atoms with Crippen molar-refractivity contribution in [1.82, 2.24) is 0 Å². The third-order valence-electron chi connectivity index (χ3n) is 0.354. The second-order valence-electron chi connectivity index (χ2n) is 0.880. The molecule has 0 bridgehead atoms. The first-order valence-corrected chi connectivity index (χ1v) is 2.63. The van der Waals surface area contributed by atoms with Gasteiger partial charge in [-0.25, -0.2) is 4.79 Å². The molecule has 0 rings (SSSR count). The van der Waals surface area contributed by atoms with Gasteiger partial charge in [-0.15, -0.1) is 0 Å². The van der Waals surface area contributed by atoms with E-state index in [9.17, 15) is 4.79 Å². The van der Waals surface area contributed by atoms with Crippen molar-refractivity contribution in [1.29, 1.82) is 0 Å². The summed E-state index contributed by atoms with van der Waals surface area (Å²) in [6, 6.07) is 0. The maximum Gasteiger partial charge on any atom is 1.00 e. The Hall–Kier alpha value is 1.08. The Balaban J connectivity index is 0. The Morgan fingerprint density at radius 3 is 1.56 bits per heavy atom. The first-order valence-electron chi connectivity index (χ1n) is 1.49. The van der Waals surface area contributed by atoms with Gasteiger partial charge >= 0.3 is 35.5 Å². The molecule has 0 aromatic heterocycles. The first kappa shape index (κ1) is 12.7. The van der Waals surface area contributed by atoms with E-state index in [4.69, 9.17) is 39.9 Å². The minimum atomic E-state index is -1.33. The Bertz CT molecular complexity index is 140. The van der Waals surface area contributed by atoms with Crippen LogP contribution in [-0.4, -0.2) is 11.1 Å². The topological polar surface area (TPSA) is 37.3 Å². The maximum atomic E-state index is 9.78. The zero-order valence-electron chi connectivity index (χ0n) is 4.49. The zero-order valence-corrected chi connectivity index (χ0v) is 8.76. The average Bonchev–Trinajstić information content (AvgIpc) is 1.64. The molecule has 0 amide bonds. The molecule has 46 valence electrons. The van der Waals surface area contributed by atoms with Gasteiger partial charge in [0.25, 0.3) is 0 Å². The third-order valence-corrected chi connectivity index (χ3v) is 1.28. The standard InChI is InChI=1S/C3HCl3O2.Na/c4-1(2(5)6)3(7)8;/h(H,7,8);/q;+1. The second kappa shape index (κ2) is 5.83. The normalized spacial score (nSPS) is 7.44. The molecule has 6 heteroatoms. The molecule has 0 aromatic carbocycles. The Morgan fingerprint density at radius 2 is 1.56 bits per heavy atom. The third kappa shape index (κ3) is 5.52. The van der Waals surface area contributed by atoms with Crippen molar-refractivity contribution < 1.29 is 39.5 Å². The van der Waals surface area contributed by atoms with Gasteiger partial charge in [0.15, 0.2) is 5.03 Å². The van der Waals surface area contributed by atoms with E-state index in [1.807, 2.05) is 0 Å². The smallest absolute Gasteiger partial charge is 0.477 e. The first-order chi connectivity index (χ1) is 3.55. The van der Waals surface area contributed by atoms with E-state index >= 15 is 0 Å². The summed E-state index contributed by atoms with van der Waals surface area (Å²) in [4.78, 5) is 9.78. The van der Waals surface area contributed by atoms with Crippen molar-refractivity contribution in [2.45, 2.75) is 0 Å². The van der Waals surface area contributed by atoms with Gasteiger partial charge in [0, 0.05) is 0 Å². The fraction of sp³-hybridized carbons (Fsp3) is 0. The Morgan fingerprint density at radius 1 is 1.22 bits per heavy atom. The number of carboxylic acids is 1. The van der Waals surface area contributed by atoms with E-state index in [0.717, 1.165) is 0 Å². The number of carboxylic acid groups (broad SMARTS) is 1. The van der Waals surface area contributed by atoms with Gasteiger partial charge in [0.1, 0.15) is 4.49 Å². The number of carbonyl (C=O) groups is 1. The van der Waals surface area contributed by atoms with Crippen LogP contribution in [0.4, 0.5) is 0 Å². The van der Waals surface area contributed by atoms with Crippen LogP contribution in [-0.2, 0) is 4.79 Å². The molecule has 2 nitrogen and oxygen atoms in total. The predicted octanol–water partition coefficient (Wildman–Crippen LogP) is -1.04. The molecule has 0 saturated heterocycles. The fourth-order valence-electron chi connectivity index (χ4n) is 0.0808. The minimum absolute atomic E-state index is 0. The van der Waals surface area contributed by atoms with Crippen LogP contribution >= 0.6 is 34.8 Å². The van der Waals surface area contributed by atoms with Crippen LogP contribution in [0, 0.1) is 0 Å². The van der Waals surface area contributed by atoms with Crippen LogP contribution in [0.5, 0.6) is 0 Å². The molecule has 0 aliphatic rings. The average molecular weight is 198 g/mol. The summed E-state index contributed by atoms with van der Waals surface area (Å²) in [6.45, 7) is 0. The minimum Gasteiger partial charge on any atom is -0.477 e. The zero-order chi connectivity index (χ0) is 6.73. The summed E-state index contributed by atoms with van der Waals surface area (Å²) in [6.07, 6.45) is 0. The van der Waals surface area contributed by atoms with Crippen molar-refractivity contribution >= 4 is 40.8 Å². The van der Waals surface area contributed by atoms with Crippen molar-refractivity contribution in [2.75, 3.05) is 0 Å². The van der Waals surface area contributed by atoms with Gasteiger partial charge in [0.05, 0.1) is 0 Å². The molecule has 9 heavy (non-hydrogen) atoms. The van der Waals surface area contributed by atoms with E-state index in [2.05, 4.69) is 0 Å². The van der Waals surface area contributed by atoms with E-state index < -0.39 is 15.5 Å². The monoisotopic (exact) mass is 197 g/mol. The van der Waals surface area contributed by atoms with E-state index in [-0.39, 0.29) is 29.6 Å². The number of hydrogen-bond donors (Lipinski definition) is 1. The molecule has 0 spiro atoms. The van der Waals surface area contributed by atoms with Crippen LogP contribution in [0.1, 0.15) is 0 Å². The number of hydrogen-bond acceptors (Lipinski definition) is 1.